The number of halogens is 5. The summed E-state index contributed by atoms with van der Waals surface area (Å²) in [5.41, 5.74) is 2.08. The maximum atomic E-state index is 13.7. The molecule has 4 aromatic rings. The van der Waals surface area contributed by atoms with E-state index in [4.69, 9.17) is 23.2 Å². The van der Waals surface area contributed by atoms with Crippen molar-refractivity contribution in [2.75, 3.05) is 19.6 Å². The molecule has 1 aromatic heterocycles. The molecule has 0 unspecified atom stereocenters. The summed E-state index contributed by atoms with van der Waals surface area (Å²) in [5, 5.41) is 1.58. The molecule has 0 aliphatic rings. The van der Waals surface area contributed by atoms with E-state index < -0.39 is 11.7 Å². The van der Waals surface area contributed by atoms with Gasteiger partial charge in [0.15, 0.2) is 0 Å². The van der Waals surface area contributed by atoms with Gasteiger partial charge in [-0.2, -0.15) is 13.2 Å². The molecule has 1 N–H and O–H groups in total. The average Bonchev–Trinajstić information content (AvgIpc) is 3.34. The first-order chi connectivity index (χ1) is 19.4. The number of alkyl halides is 3. The molecule has 0 saturated heterocycles. The summed E-state index contributed by atoms with van der Waals surface area (Å²) in [6.45, 7) is 4.40. The lowest BCUT2D eigenvalue weighted by Gasteiger charge is -2.29. The Kier molecular flexibility index (Phi) is 9.66. The number of nitrogens with zero attached hydrogens (tertiary/aromatic N) is 2. The molecule has 1 heterocycles. The van der Waals surface area contributed by atoms with Gasteiger partial charge in [-0.25, -0.2) is 0 Å². The van der Waals surface area contributed by atoms with Crippen molar-refractivity contribution in [3.05, 3.63) is 105 Å². The molecule has 0 saturated carbocycles. The summed E-state index contributed by atoms with van der Waals surface area (Å²) in [5.74, 6) is -0.611. The molecule has 0 atom stereocenters. The number of fused-ring (bicyclic) bond motifs is 1. The SMILES string of the molecule is CC(C)CN(CC(=O)N(CCc1c[nH]c2ccccc12)Cc1ccc(C(F)(F)F)cc1)C(=O)c1ccc(Cl)c(Cl)c1. The van der Waals surface area contributed by atoms with Gasteiger partial charge < -0.3 is 14.8 Å². The van der Waals surface area contributed by atoms with Crippen molar-refractivity contribution in [3.63, 3.8) is 0 Å². The predicted molar refractivity (Wildman–Crippen MR) is 156 cm³/mol. The van der Waals surface area contributed by atoms with Gasteiger partial charge in [-0.05, 0) is 59.9 Å². The zero-order chi connectivity index (χ0) is 29.7. The lowest BCUT2D eigenvalue weighted by Crippen LogP contribution is -2.44. The van der Waals surface area contributed by atoms with Gasteiger partial charge >= 0.3 is 6.18 Å². The van der Waals surface area contributed by atoms with E-state index in [0.29, 0.717) is 35.7 Å². The van der Waals surface area contributed by atoms with Gasteiger partial charge in [0.1, 0.15) is 6.54 Å². The normalized spacial score (nSPS) is 11.7. The van der Waals surface area contributed by atoms with Crippen molar-refractivity contribution in [1.29, 1.82) is 0 Å². The second-order valence-corrected chi connectivity index (χ2v) is 11.1. The minimum Gasteiger partial charge on any atom is -0.361 e. The largest absolute Gasteiger partial charge is 0.416 e. The van der Waals surface area contributed by atoms with Crippen LogP contribution in [0.4, 0.5) is 13.2 Å². The molecule has 216 valence electrons. The first-order valence-electron chi connectivity index (χ1n) is 13.2. The Balaban J connectivity index is 1.58. The second kappa shape index (κ2) is 13.0. The number of aromatic nitrogens is 1. The summed E-state index contributed by atoms with van der Waals surface area (Å²) >= 11 is 12.2. The maximum Gasteiger partial charge on any atom is 0.416 e. The fraction of sp³-hybridized carbons (Fsp3) is 0.290. The highest BCUT2D eigenvalue weighted by atomic mass is 35.5. The van der Waals surface area contributed by atoms with Crippen molar-refractivity contribution >= 4 is 45.9 Å². The lowest BCUT2D eigenvalue weighted by molar-refractivity contribution is -0.137. The first-order valence-corrected chi connectivity index (χ1v) is 13.9. The molecule has 3 aromatic carbocycles. The van der Waals surface area contributed by atoms with Crippen molar-refractivity contribution in [3.8, 4) is 0 Å². The summed E-state index contributed by atoms with van der Waals surface area (Å²) in [6.07, 6.45) is -2.04. The second-order valence-electron chi connectivity index (χ2n) is 10.3. The van der Waals surface area contributed by atoms with E-state index in [9.17, 15) is 22.8 Å². The molecule has 4 rings (SSSR count). The van der Waals surface area contributed by atoms with Crippen molar-refractivity contribution in [2.24, 2.45) is 5.92 Å². The Morgan fingerprint density at radius 2 is 1.63 bits per heavy atom. The first kappa shape index (κ1) is 30.5. The predicted octanol–water partition coefficient (Wildman–Crippen LogP) is 7.86. The van der Waals surface area contributed by atoms with Crippen molar-refractivity contribution in [2.45, 2.75) is 33.0 Å². The van der Waals surface area contributed by atoms with E-state index in [1.54, 1.807) is 11.0 Å². The van der Waals surface area contributed by atoms with E-state index in [2.05, 4.69) is 4.98 Å². The van der Waals surface area contributed by atoms with E-state index in [0.717, 1.165) is 28.6 Å². The van der Waals surface area contributed by atoms with Crippen LogP contribution < -0.4 is 0 Å². The molecule has 0 aliphatic carbocycles. The van der Waals surface area contributed by atoms with Gasteiger partial charge in [0, 0.05) is 42.3 Å². The van der Waals surface area contributed by atoms with Gasteiger partial charge in [0.05, 0.1) is 15.6 Å². The maximum absolute atomic E-state index is 13.7. The van der Waals surface area contributed by atoms with Gasteiger partial charge in [0.25, 0.3) is 5.91 Å². The fourth-order valence-electron chi connectivity index (χ4n) is 4.64. The molecule has 41 heavy (non-hydrogen) atoms. The number of nitrogens with one attached hydrogen (secondary N) is 1. The number of amides is 2. The number of hydrogen-bond acceptors (Lipinski definition) is 2. The van der Waals surface area contributed by atoms with Gasteiger partial charge in [-0.1, -0.05) is 67.4 Å². The summed E-state index contributed by atoms with van der Waals surface area (Å²) in [7, 11) is 0. The molecular weight excluding hydrogens is 574 g/mol. The standard InChI is InChI=1S/C31H30Cl2F3N3O2/c1-20(2)17-39(30(41)22-9-12-26(32)27(33)15-22)19-29(40)38(18-21-7-10-24(11-8-21)31(34,35)36)14-13-23-16-37-28-6-4-3-5-25(23)28/h3-12,15-16,20,37H,13-14,17-19H2,1-2H3. The van der Waals surface area contributed by atoms with Crippen LogP contribution in [-0.4, -0.2) is 46.2 Å². The Morgan fingerprint density at radius 3 is 2.29 bits per heavy atom. The highest BCUT2D eigenvalue weighted by molar-refractivity contribution is 6.42. The van der Waals surface area contributed by atoms with Gasteiger partial charge in [0.2, 0.25) is 5.91 Å². The van der Waals surface area contributed by atoms with E-state index >= 15 is 0 Å². The highest BCUT2D eigenvalue weighted by Gasteiger charge is 2.30. The summed E-state index contributed by atoms with van der Waals surface area (Å²) < 4.78 is 39.3. The molecule has 2 amide bonds. The molecule has 0 radical (unpaired) electrons. The molecule has 0 spiro atoms. The molecule has 5 nitrogen and oxygen atoms in total. The van der Waals surface area contributed by atoms with E-state index in [1.807, 2.05) is 44.3 Å². The van der Waals surface area contributed by atoms with Crippen LogP contribution in [0.1, 0.15) is 40.9 Å². The third-order valence-electron chi connectivity index (χ3n) is 6.70. The monoisotopic (exact) mass is 603 g/mol. The van der Waals surface area contributed by atoms with Crippen LogP contribution in [0.5, 0.6) is 0 Å². The number of rotatable bonds is 10. The summed E-state index contributed by atoms with van der Waals surface area (Å²) in [6, 6.07) is 17.2. The summed E-state index contributed by atoms with van der Waals surface area (Å²) in [4.78, 5) is 33.4. The molecular formula is C31H30Cl2F3N3O2. The third kappa shape index (κ3) is 7.83. The van der Waals surface area contributed by atoms with Crippen LogP contribution in [0, 0.1) is 5.92 Å². The van der Waals surface area contributed by atoms with Crippen molar-refractivity contribution < 1.29 is 22.8 Å². The topological polar surface area (TPSA) is 56.4 Å². The Morgan fingerprint density at radius 1 is 0.927 bits per heavy atom. The van der Waals surface area contributed by atoms with E-state index in [-0.39, 0.29) is 35.8 Å². The highest BCUT2D eigenvalue weighted by Crippen LogP contribution is 2.29. The number of carbonyl (C=O) groups is 2. The minimum absolute atomic E-state index is 0.0732. The van der Waals surface area contributed by atoms with Crippen LogP contribution in [0.3, 0.4) is 0 Å². The zero-order valence-electron chi connectivity index (χ0n) is 22.6. The van der Waals surface area contributed by atoms with Crippen LogP contribution in [0.25, 0.3) is 10.9 Å². The Bertz CT molecular complexity index is 1520. The quantitative estimate of drug-likeness (QED) is 0.200. The number of hydrogen-bond donors (Lipinski definition) is 1. The Hall–Kier alpha value is -3.49. The molecule has 0 bridgehead atoms. The number of aromatic amines is 1. The fourth-order valence-corrected chi connectivity index (χ4v) is 4.94. The van der Waals surface area contributed by atoms with E-state index in [1.165, 1.54) is 29.2 Å². The van der Waals surface area contributed by atoms with Crippen LogP contribution in [-0.2, 0) is 23.9 Å². The third-order valence-corrected chi connectivity index (χ3v) is 7.44. The number of benzene rings is 3. The van der Waals surface area contributed by atoms with Gasteiger partial charge in [-0.3, -0.25) is 9.59 Å². The molecule has 10 heteroatoms. The van der Waals surface area contributed by atoms with Crippen LogP contribution in [0.15, 0.2) is 72.9 Å². The van der Waals surface area contributed by atoms with Crippen LogP contribution in [0.2, 0.25) is 10.0 Å². The number of para-hydroxylation sites is 1. The average molecular weight is 605 g/mol. The minimum atomic E-state index is -4.45. The molecule has 0 aliphatic heterocycles. The Labute approximate surface area is 246 Å². The molecule has 0 fully saturated rings. The lowest BCUT2D eigenvalue weighted by atomic mass is 10.1. The number of carbonyl (C=O) groups excluding carboxylic acids is 2. The van der Waals surface area contributed by atoms with Crippen molar-refractivity contribution in [1.82, 2.24) is 14.8 Å². The van der Waals surface area contributed by atoms with Crippen LogP contribution >= 0.6 is 23.2 Å². The van der Waals surface area contributed by atoms with Gasteiger partial charge in [-0.15, -0.1) is 0 Å². The smallest absolute Gasteiger partial charge is 0.361 e. The number of H-pyrrole nitrogens is 1. The zero-order valence-corrected chi connectivity index (χ0v) is 24.2.